The first-order valence-corrected chi connectivity index (χ1v) is 0.565. The van der Waals surface area contributed by atoms with Gasteiger partial charge in [-0.25, -0.2) is 0 Å². The van der Waals surface area contributed by atoms with Gasteiger partial charge in [0.1, 0.15) is 0 Å². The van der Waals surface area contributed by atoms with E-state index < -0.39 is 5.09 Å². The third kappa shape index (κ3) is 36.0. The Morgan fingerprint density at radius 2 is 1.83 bits per heavy atom. The van der Waals surface area contributed by atoms with Crippen molar-refractivity contribution in [1.29, 1.82) is 0 Å². The summed E-state index contributed by atoms with van der Waals surface area (Å²) < 4.78 is 0. The van der Waals surface area contributed by atoms with Gasteiger partial charge in [0.15, 0.2) is 0 Å². The van der Waals surface area contributed by atoms with E-state index in [9.17, 15) is 0 Å². The third-order valence-corrected chi connectivity index (χ3v) is 0. The number of rotatable bonds is 0. The van der Waals surface area contributed by atoms with Crippen molar-refractivity contribution >= 4 is 37.7 Å². The summed E-state index contributed by atoms with van der Waals surface area (Å²) in [6, 6.07) is 0. The van der Waals surface area contributed by atoms with E-state index in [1.807, 2.05) is 0 Å². The molecule has 0 bridgehead atoms. The third-order valence-electron chi connectivity index (χ3n) is 0. The summed E-state index contributed by atoms with van der Waals surface area (Å²) in [5.41, 5.74) is 0. The van der Waals surface area contributed by atoms with Crippen LogP contribution in [0.3, 0.4) is 0 Å². The molecule has 0 aliphatic carbocycles. The molecule has 0 unspecified atom stereocenters. The smallest absolute Gasteiger partial charge is 1.00 e. The predicted octanol–water partition coefficient (Wildman–Crippen LogP) is -3.39. The molecule has 1 N–H and O–H groups in total. The van der Waals surface area contributed by atoms with Crippen LogP contribution in [0.5, 0.6) is 0 Å². The zero-order chi connectivity index (χ0) is 3.58. The summed E-state index contributed by atoms with van der Waals surface area (Å²) in [6.45, 7) is 0. The van der Waals surface area contributed by atoms with Crippen LogP contribution in [0.25, 0.3) is 0 Å². The Kier molecular flexibility index (Phi) is 26.6. The molecule has 0 rings (SSSR count). The number of nitrogens with zero attached hydrogens (tertiary/aromatic N) is 1. The first kappa shape index (κ1) is 15.7. The average Bonchev–Trinajstić information content (AvgIpc) is 0.811. The Morgan fingerprint density at radius 3 is 1.83 bits per heavy atom. The van der Waals surface area contributed by atoms with Crippen molar-refractivity contribution in [2.75, 3.05) is 0 Å². The van der Waals surface area contributed by atoms with Gasteiger partial charge < -0.3 is 9.49 Å². The van der Waals surface area contributed by atoms with Gasteiger partial charge >= 0.3 is 89.1 Å². The molecule has 0 aromatic rings. The fourth-order valence-corrected chi connectivity index (χ4v) is 0. The summed E-state index contributed by atoms with van der Waals surface area (Å²) in [5, 5.41) is 13.6. The maximum atomic E-state index is 8.36. The molecule has 0 radical (unpaired) electrons. The molecule has 30 valence electrons. The molecule has 0 fully saturated rings. The van der Waals surface area contributed by atoms with E-state index in [0.29, 0.717) is 0 Å². The SMILES string of the molecule is O=[N+]([O-])O.[Ca+2].[H-].[H-].[H-].[K+]. The van der Waals surface area contributed by atoms with Gasteiger partial charge in [-0.15, -0.1) is 10.1 Å². The first-order valence-electron chi connectivity index (χ1n) is 0.565. The van der Waals surface area contributed by atoms with Crippen molar-refractivity contribution in [3.8, 4) is 0 Å². The van der Waals surface area contributed by atoms with Crippen LogP contribution in [0.15, 0.2) is 0 Å². The van der Waals surface area contributed by atoms with Gasteiger partial charge in [0, 0.05) is 0 Å². The largest absolute Gasteiger partial charge is 2.00 e. The van der Waals surface area contributed by atoms with Crippen LogP contribution in [0.4, 0.5) is 0 Å². The Labute approximate surface area is 111 Å². The van der Waals surface area contributed by atoms with Gasteiger partial charge in [-0.05, 0) is 0 Å². The molecular weight excluding hydrogens is 141 g/mol. The Bertz CT molecular complexity index is 42.0. The Hall–Kier alpha value is 2.10. The fraction of sp³-hybridized carbons (Fsp3) is 0. The Morgan fingerprint density at radius 1 is 1.83 bits per heavy atom. The molecule has 6 heavy (non-hydrogen) atoms. The molecule has 0 heterocycles. The van der Waals surface area contributed by atoms with Gasteiger partial charge in [0.2, 0.25) is 0 Å². The maximum absolute atomic E-state index is 8.36. The van der Waals surface area contributed by atoms with Crippen LogP contribution in [0.1, 0.15) is 4.28 Å². The van der Waals surface area contributed by atoms with Gasteiger partial charge in [0.25, 0.3) is 5.09 Å². The summed E-state index contributed by atoms with van der Waals surface area (Å²) >= 11 is 0. The molecule has 0 aliphatic rings. The topological polar surface area (TPSA) is 63.4 Å². The van der Waals surface area contributed by atoms with Crippen LogP contribution in [0.2, 0.25) is 0 Å². The summed E-state index contributed by atoms with van der Waals surface area (Å²) in [6.07, 6.45) is 0. The monoisotopic (exact) mass is 145 g/mol. The zero-order valence-electron chi connectivity index (χ0n) is 6.42. The van der Waals surface area contributed by atoms with E-state index in [2.05, 4.69) is 0 Å². The minimum absolute atomic E-state index is 0. The normalized spacial score (nSPS) is 4.00. The van der Waals surface area contributed by atoms with Gasteiger partial charge in [0.05, 0.1) is 0 Å². The maximum Gasteiger partial charge on any atom is 2.00 e. The number of hydrogen-bond acceptors (Lipinski definition) is 2. The first-order chi connectivity index (χ1) is 1.73. The fourth-order valence-electron chi connectivity index (χ4n) is 0. The van der Waals surface area contributed by atoms with Crippen LogP contribution in [-0.4, -0.2) is 48.0 Å². The number of hydrogen-bond donors (Lipinski definition) is 1. The molecule has 4 nitrogen and oxygen atoms in total. The van der Waals surface area contributed by atoms with Crippen molar-refractivity contribution in [2.24, 2.45) is 0 Å². The van der Waals surface area contributed by atoms with E-state index >= 15 is 0 Å². The van der Waals surface area contributed by atoms with E-state index in [4.69, 9.17) is 15.3 Å². The van der Waals surface area contributed by atoms with Gasteiger partial charge in [-0.1, -0.05) is 0 Å². The molecule has 0 saturated heterocycles. The van der Waals surface area contributed by atoms with Crippen molar-refractivity contribution < 1.29 is 66.0 Å². The molecule has 0 amide bonds. The van der Waals surface area contributed by atoms with Gasteiger partial charge in [-0.2, -0.15) is 0 Å². The molecule has 0 spiro atoms. The molecular formula is H4CaKNO3. The van der Waals surface area contributed by atoms with Crippen LogP contribution < -0.4 is 51.4 Å². The molecule has 0 aromatic heterocycles. The van der Waals surface area contributed by atoms with Crippen LogP contribution >= 0.6 is 0 Å². The van der Waals surface area contributed by atoms with Crippen molar-refractivity contribution in [1.82, 2.24) is 0 Å². The summed E-state index contributed by atoms with van der Waals surface area (Å²) in [7, 11) is 0. The summed E-state index contributed by atoms with van der Waals surface area (Å²) in [5.74, 6) is 0. The molecule has 0 atom stereocenters. The minimum atomic E-state index is -1.50. The average molecular weight is 145 g/mol. The summed E-state index contributed by atoms with van der Waals surface area (Å²) in [4.78, 5) is 8.36. The second-order valence-corrected chi connectivity index (χ2v) is 0.238. The quantitative estimate of drug-likeness (QED) is 0.220. The van der Waals surface area contributed by atoms with Crippen LogP contribution in [-0.2, 0) is 0 Å². The van der Waals surface area contributed by atoms with E-state index in [0.717, 1.165) is 0 Å². The molecule has 0 aliphatic heterocycles. The predicted molar refractivity (Wildman–Crippen MR) is 17.9 cm³/mol. The van der Waals surface area contributed by atoms with Crippen molar-refractivity contribution in [3.05, 3.63) is 10.1 Å². The molecule has 0 saturated carbocycles. The van der Waals surface area contributed by atoms with E-state index in [-0.39, 0.29) is 93.4 Å². The van der Waals surface area contributed by atoms with Crippen LogP contribution in [0, 0.1) is 10.1 Å². The van der Waals surface area contributed by atoms with E-state index in [1.165, 1.54) is 0 Å². The second-order valence-electron chi connectivity index (χ2n) is 0.238. The Balaban J connectivity index is -0.00000000450. The van der Waals surface area contributed by atoms with Gasteiger partial charge in [-0.3, -0.25) is 0 Å². The molecule has 0 aromatic carbocycles. The van der Waals surface area contributed by atoms with Crippen molar-refractivity contribution in [2.45, 2.75) is 0 Å². The standard InChI is InChI=1S/Ca.K.HNO3.3H/c;;2-1(3)4;;;/h;;(H,2,3,4);;;/q+2;+1;;3*-1. The minimum Gasteiger partial charge on any atom is -1.00 e. The molecule has 6 heteroatoms. The van der Waals surface area contributed by atoms with Crippen molar-refractivity contribution in [3.63, 3.8) is 0 Å². The second kappa shape index (κ2) is 10.2. The zero-order valence-corrected chi connectivity index (χ0v) is 8.75. The van der Waals surface area contributed by atoms with E-state index in [1.54, 1.807) is 0 Å².